The number of anilines is 3. The number of nitrogens with one attached hydrogen (secondary N) is 2. The monoisotopic (exact) mass is 405 g/mol. The first-order chi connectivity index (χ1) is 14.5. The van der Waals surface area contributed by atoms with E-state index in [4.69, 9.17) is 4.63 Å². The van der Waals surface area contributed by atoms with Crippen LogP contribution in [-0.2, 0) is 6.54 Å². The van der Waals surface area contributed by atoms with Crippen molar-refractivity contribution < 1.29 is 19.6 Å². The van der Waals surface area contributed by atoms with Gasteiger partial charge in [-0.05, 0) is 39.5 Å². The highest BCUT2D eigenvalue weighted by Crippen LogP contribution is 2.33. The number of fused-ring (bicyclic) bond motifs is 1. The Morgan fingerprint density at radius 1 is 0.967 bits per heavy atom. The van der Waals surface area contributed by atoms with Gasteiger partial charge in [-0.15, -0.1) is 0 Å². The molecule has 4 N–H and O–H groups in total. The molecule has 0 unspecified atom stereocenters. The summed E-state index contributed by atoms with van der Waals surface area (Å²) in [5, 5.41) is 43.7. The van der Waals surface area contributed by atoms with E-state index < -0.39 is 12.0 Å². The number of rotatable bonds is 7. The molecule has 0 aliphatic carbocycles. The van der Waals surface area contributed by atoms with E-state index in [1.165, 1.54) is 6.07 Å². The Morgan fingerprint density at radius 3 is 2.50 bits per heavy atom. The van der Waals surface area contributed by atoms with E-state index in [0.717, 1.165) is 11.3 Å². The highest BCUT2D eigenvalue weighted by Gasteiger charge is 2.20. The summed E-state index contributed by atoms with van der Waals surface area (Å²) < 4.78 is 4.70. The predicted molar refractivity (Wildman–Crippen MR) is 112 cm³/mol. The number of nitro benzene ring substituents is 1. The van der Waals surface area contributed by atoms with Gasteiger partial charge < -0.3 is 20.7 Å². The second-order valence-electron chi connectivity index (χ2n) is 6.49. The maximum Gasteiger partial charge on any atom is 0.488 e. The number of benzene rings is 3. The van der Waals surface area contributed by atoms with Crippen molar-refractivity contribution in [2.75, 3.05) is 10.6 Å². The van der Waals surface area contributed by atoms with Crippen LogP contribution in [0.4, 0.5) is 22.7 Å². The van der Waals surface area contributed by atoms with Crippen molar-refractivity contribution in [2.45, 2.75) is 6.54 Å². The van der Waals surface area contributed by atoms with Crippen LogP contribution in [0.25, 0.3) is 11.0 Å². The minimum absolute atomic E-state index is 0.0646. The molecule has 0 saturated carbocycles. The zero-order chi connectivity index (χ0) is 21.1. The number of non-ortho nitro benzene ring substituents is 1. The molecule has 0 fully saturated rings. The fourth-order valence-electron chi connectivity index (χ4n) is 3.05. The number of aromatic nitrogens is 2. The fraction of sp³-hybridized carbons (Fsp3) is 0.0526. The molecule has 30 heavy (non-hydrogen) atoms. The normalized spacial score (nSPS) is 10.7. The summed E-state index contributed by atoms with van der Waals surface area (Å²) >= 11 is 0. The van der Waals surface area contributed by atoms with Crippen molar-refractivity contribution in [2.24, 2.45) is 0 Å². The molecule has 1 heterocycles. The van der Waals surface area contributed by atoms with Crippen LogP contribution in [0.3, 0.4) is 0 Å². The van der Waals surface area contributed by atoms with Gasteiger partial charge in [-0.2, -0.15) is 0 Å². The van der Waals surface area contributed by atoms with Crippen molar-refractivity contribution in [3.63, 3.8) is 0 Å². The SMILES string of the molecule is O=[N+]([O-])c1ccc(Nc2ccccc2NCc2cccc(B(O)O)c2)c2nonc12. The number of nitrogens with zero attached hydrogens (tertiary/aromatic N) is 3. The van der Waals surface area contributed by atoms with Crippen LogP contribution >= 0.6 is 0 Å². The van der Waals surface area contributed by atoms with Crippen molar-refractivity contribution >= 4 is 46.4 Å². The molecule has 0 bridgehead atoms. The summed E-state index contributed by atoms with van der Waals surface area (Å²) in [6.45, 7) is 0.445. The highest BCUT2D eigenvalue weighted by atomic mass is 16.6. The zero-order valence-electron chi connectivity index (χ0n) is 15.5. The molecule has 0 radical (unpaired) electrons. The molecule has 0 aliphatic rings. The first kappa shape index (κ1) is 19.4. The number of nitro groups is 1. The van der Waals surface area contributed by atoms with Crippen LogP contribution in [0.5, 0.6) is 0 Å². The van der Waals surface area contributed by atoms with Crippen LogP contribution in [0.1, 0.15) is 5.56 Å². The van der Waals surface area contributed by atoms with E-state index in [2.05, 4.69) is 20.9 Å². The largest absolute Gasteiger partial charge is 0.488 e. The van der Waals surface area contributed by atoms with Gasteiger partial charge in [0.25, 0.3) is 0 Å². The Hall–Kier alpha value is -3.96. The van der Waals surface area contributed by atoms with E-state index in [9.17, 15) is 20.2 Å². The van der Waals surface area contributed by atoms with Crippen LogP contribution in [0.2, 0.25) is 0 Å². The van der Waals surface area contributed by atoms with Crippen LogP contribution in [-0.4, -0.2) is 32.4 Å². The minimum atomic E-state index is -1.53. The third kappa shape index (κ3) is 3.92. The molecule has 0 spiro atoms. The van der Waals surface area contributed by atoms with Gasteiger partial charge in [-0.1, -0.05) is 36.4 Å². The Balaban J connectivity index is 1.58. The predicted octanol–water partition coefficient (Wildman–Crippen LogP) is 2.17. The van der Waals surface area contributed by atoms with E-state index in [1.807, 2.05) is 30.3 Å². The average molecular weight is 405 g/mol. The molecule has 150 valence electrons. The van der Waals surface area contributed by atoms with Crippen molar-refractivity contribution in [1.29, 1.82) is 0 Å². The van der Waals surface area contributed by atoms with Gasteiger partial charge in [0.2, 0.25) is 5.52 Å². The van der Waals surface area contributed by atoms with Gasteiger partial charge in [-0.3, -0.25) is 10.1 Å². The van der Waals surface area contributed by atoms with Gasteiger partial charge in [0, 0.05) is 12.6 Å². The Kier molecular flexibility index (Phi) is 5.29. The molecule has 4 aromatic rings. The lowest BCUT2D eigenvalue weighted by atomic mass is 9.79. The van der Waals surface area contributed by atoms with E-state index in [0.29, 0.717) is 23.4 Å². The zero-order valence-corrected chi connectivity index (χ0v) is 15.5. The lowest BCUT2D eigenvalue weighted by Gasteiger charge is -2.14. The summed E-state index contributed by atoms with van der Waals surface area (Å²) in [5.41, 5.74) is 3.41. The summed E-state index contributed by atoms with van der Waals surface area (Å²) in [4.78, 5) is 10.6. The lowest BCUT2D eigenvalue weighted by Crippen LogP contribution is -2.30. The van der Waals surface area contributed by atoms with Gasteiger partial charge in [0.05, 0.1) is 22.0 Å². The van der Waals surface area contributed by atoms with Crippen LogP contribution < -0.4 is 16.1 Å². The number of hydrogen-bond donors (Lipinski definition) is 4. The summed E-state index contributed by atoms with van der Waals surface area (Å²) in [6, 6.07) is 17.3. The molecule has 0 aliphatic heterocycles. The molecule has 0 atom stereocenters. The second kappa shape index (κ2) is 8.19. The average Bonchev–Trinajstić information content (AvgIpc) is 3.23. The standard InChI is InChI=1S/C19H16BN5O5/c26-20(27)13-5-3-4-12(10-13)11-21-14-6-1-2-7-15(14)22-16-8-9-17(25(28)29)19-18(16)23-30-24-19/h1-10,21-22,26-27H,11H2. The summed E-state index contributed by atoms with van der Waals surface area (Å²) in [5.74, 6) is 0. The molecule has 3 aromatic carbocycles. The topological polar surface area (TPSA) is 147 Å². The first-order valence-electron chi connectivity index (χ1n) is 8.97. The molecule has 0 saturated heterocycles. The summed E-state index contributed by atoms with van der Waals surface area (Å²) in [6.07, 6.45) is 0. The second-order valence-corrected chi connectivity index (χ2v) is 6.49. The Labute approximate surface area is 170 Å². The minimum Gasteiger partial charge on any atom is -0.423 e. The molecule has 0 amide bonds. The fourth-order valence-corrected chi connectivity index (χ4v) is 3.05. The number of para-hydroxylation sites is 2. The van der Waals surface area contributed by atoms with E-state index in [-0.39, 0.29) is 16.7 Å². The van der Waals surface area contributed by atoms with Gasteiger partial charge in [-0.25, -0.2) is 4.63 Å². The van der Waals surface area contributed by atoms with Crippen molar-refractivity contribution in [1.82, 2.24) is 10.3 Å². The molecule has 1 aromatic heterocycles. The molecule has 10 nitrogen and oxygen atoms in total. The molecular formula is C19H16BN5O5. The smallest absolute Gasteiger partial charge is 0.423 e. The maximum absolute atomic E-state index is 11.2. The Bertz CT molecular complexity index is 1210. The van der Waals surface area contributed by atoms with Crippen LogP contribution in [0, 0.1) is 10.1 Å². The third-order valence-corrected chi connectivity index (χ3v) is 4.52. The third-order valence-electron chi connectivity index (χ3n) is 4.52. The van der Waals surface area contributed by atoms with Gasteiger partial charge >= 0.3 is 12.8 Å². The van der Waals surface area contributed by atoms with E-state index >= 15 is 0 Å². The Morgan fingerprint density at radius 2 is 1.73 bits per heavy atom. The molecular weight excluding hydrogens is 389 g/mol. The highest BCUT2D eigenvalue weighted by molar-refractivity contribution is 6.58. The lowest BCUT2D eigenvalue weighted by molar-refractivity contribution is -0.383. The van der Waals surface area contributed by atoms with Crippen molar-refractivity contribution in [3.8, 4) is 0 Å². The van der Waals surface area contributed by atoms with Gasteiger partial charge in [0.15, 0.2) is 5.52 Å². The molecule has 11 heteroatoms. The van der Waals surface area contributed by atoms with Crippen molar-refractivity contribution in [3.05, 3.63) is 76.3 Å². The molecule has 4 rings (SSSR count). The quantitative estimate of drug-likeness (QED) is 0.206. The summed E-state index contributed by atoms with van der Waals surface area (Å²) in [7, 11) is -1.53. The maximum atomic E-state index is 11.2. The van der Waals surface area contributed by atoms with Crippen LogP contribution in [0.15, 0.2) is 65.3 Å². The first-order valence-corrected chi connectivity index (χ1v) is 8.97. The van der Waals surface area contributed by atoms with Gasteiger partial charge in [0.1, 0.15) is 0 Å². The number of hydrogen-bond acceptors (Lipinski definition) is 9. The van der Waals surface area contributed by atoms with E-state index in [1.54, 1.807) is 24.3 Å².